The fraction of sp³-hybridized carbons (Fsp3) is 0. The van der Waals surface area contributed by atoms with Crippen molar-refractivity contribution in [3.63, 3.8) is 0 Å². The third-order valence-electron chi connectivity index (χ3n) is 0.0976. The van der Waals surface area contributed by atoms with Crippen molar-refractivity contribution in [2.24, 2.45) is 16.0 Å². The van der Waals surface area contributed by atoms with Crippen LogP contribution in [-0.4, -0.2) is 16.3 Å². The molecule has 0 atom stereocenters. The fourth-order valence-electron chi connectivity index (χ4n) is 0. The van der Waals surface area contributed by atoms with Gasteiger partial charge in [-0.1, -0.05) is 0 Å². The van der Waals surface area contributed by atoms with E-state index in [1.165, 1.54) is 0 Å². The van der Waals surface area contributed by atoms with Crippen LogP contribution in [0.4, 0.5) is 0 Å². The van der Waals surface area contributed by atoms with Crippen LogP contribution < -0.4 is 11.5 Å². The first-order valence-electron chi connectivity index (χ1n) is 1.54. The van der Waals surface area contributed by atoms with Crippen molar-refractivity contribution in [1.29, 1.82) is 0 Å². The Balaban J connectivity index is 0. The summed E-state index contributed by atoms with van der Waals surface area (Å²) in [4.78, 5) is 8.36. The monoisotopic (exact) mass is 156 g/mol. The van der Waals surface area contributed by atoms with E-state index in [0.717, 1.165) is 0 Å². The smallest absolute Gasteiger partial charge is 0.291 e. The average Bonchev–Trinajstić information content (AvgIpc) is 1.65. The molecule has 0 fully saturated rings. The van der Waals surface area contributed by atoms with Crippen LogP contribution in [0.25, 0.3) is 0 Å². The minimum Gasteiger partial charge on any atom is -0.369 e. The zero-order valence-electron chi connectivity index (χ0n) is 4.19. The maximum Gasteiger partial charge on any atom is 0.291 e. The van der Waals surface area contributed by atoms with Gasteiger partial charge in [-0.3, -0.25) is 0 Å². The van der Waals surface area contributed by atoms with Gasteiger partial charge in [0.25, 0.3) is 5.09 Å². The second kappa shape index (κ2) is 6.76. The topological polar surface area (TPSA) is 128 Å². The Labute approximate surface area is 55.1 Å². The normalized spacial score (nSPS) is 6.33. The number of rotatable bonds is 0. The van der Waals surface area contributed by atoms with E-state index in [-0.39, 0.29) is 5.96 Å². The summed E-state index contributed by atoms with van der Waals surface area (Å²) in [7, 11) is 0. The second-order valence-corrected chi connectivity index (χ2v) is 0.916. The van der Waals surface area contributed by atoms with Crippen molar-refractivity contribution in [3.05, 3.63) is 10.1 Å². The van der Waals surface area contributed by atoms with Gasteiger partial charge in [0.15, 0.2) is 0 Å². The summed E-state index contributed by atoms with van der Waals surface area (Å²) >= 11 is 4.67. The summed E-state index contributed by atoms with van der Waals surface area (Å²) in [6, 6.07) is 0. The van der Waals surface area contributed by atoms with Gasteiger partial charge in [0, 0.05) is 11.8 Å². The van der Waals surface area contributed by atoms with Crippen LogP contribution in [0, 0.1) is 10.1 Å². The van der Waals surface area contributed by atoms with Gasteiger partial charge in [0.2, 0.25) is 5.96 Å². The predicted molar refractivity (Wildman–Crippen MR) is 30.4 cm³/mol. The summed E-state index contributed by atoms with van der Waals surface area (Å²) in [5.41, 5.74) is 9.38. The largest absolute Gasteiger partial charge is 0.369 e. The zero-order chi connectivity index (χ0) is 7.86. The highest BCUT2D eigenvalue weighted by Gasteiger charge is 1.65. The van der Waals surface area contributed by atoms with Crippen LogP contribution in [0.3, 0.4) is 0 Å². The molecule has 0 unspecified atom stereocenters. The number of nitrogens with two attached hydrogens (primary N) is 2. The molecule has 0 aromatic rings. The molecule has 0 rings (SSSR count). The highest BCUT2D eigenvalue weighted by atomic mass is 35.5. The molecule has 0 saturated carbocycles. The number of hydrogen-bond donors (Lipinski definition) is 3. The first-order chi connectivity index (χ1) is 4.00. The lowest BCUT2D eigenvalue weighted by molar-refractivity contribution is -0.742. The SMILES string of the molecule is NC(N)=NCl.O=[N+]([O-])O. The molecular weight excluding hydrogens is 151 g/mol. The molecule has 0 amide bonds. The standard InChI is InChI=1S/CH4ClN3.HNO3/c2-5-1(3)4;2-1(3)4/h(H4,3,4,5);(H,2,3,4). The van der Waals surface area contributed by atoms with Crippen molar-refractivity contribution in [1.82, 2.24) is 0 Å². The van der Waals surface area contributed by atoms with E-state index in [1.54, 1.807) is 0 Å². The van der Waals surface area contributed by atoms with Crippen LogP contribution in [-0.2, 0) is 0 Å². The van der Waals surface area contributed by atoms with Crippen molar-refractivity contribution in [3.8, 4) is 0 Å². The number of nitrogens with zero attached hydrogens (tertiary/aromatic N) is 2. The van der Waals surface area contributed by atoms with Crippen molar-refractivity contribution >= 4 is 17.7 Å². The van der Waals surface area contributed by atoms with E-state index >= 15 is 0 Å². The lowest BCUT2D eigenvalue weighted by Crippen LogP contribution is -2.21. The highest BCUT2D eigenvalue weighted by Crippen LogP contribution is 1.65. The maximum atomic E-state index is 8.36. The van der Waals surface area contributed by atoms with E-state index in [2.05, 4.69) is 27.8 Å². The quantitative estimate of drug-likeness (QED) is 0.181. The Kier molecular flexibility index (Phi) is 8.03. The van der Waals surface area contributed by atoms with E-state index in [9.17, 15) is 0 Å². The van der Waals surface area contributed by atoms with Gasteiger partial charge >= 0.3 is 0 Å². The molecule has 0 aliphatic heterocycles. The molecule has 0 aromatic heterocycles. The van der Waals surface area contributed by atoms with E-state index in [0.29, 0.717) is 0 Å². The lowest BCUT2D eigenvalue weighted by atomic mass is 11.1. The van der Waals surface area contributed by atoms with Crippen molar-refractivity contribution in [2.45, 2.75) is 0 Å². The van der Waals surface area contributed by atoms with Gasteiger partial charge in [0.05, 0.1) is 0 Å². The van der Waals surface area contributed by atoms with Gasteiger partial charge in [-0.15, -0.1) is 14.6 Å². The molecular formula is CH5ClN4O3. The van der Waals surface area contributed by atoms with Crippen LogP contribution in [0.2, 0.25) is 0 Å². The molecule has 0 saturated heterocycles. The Morgan fingerprint density at radius 2 is 1.89 bits per heavy atom. The molecule has 5 N–H and O–H groups in total. The highest BCUT2D eigenvalue weighted by molar-refractivity contribution is 6.19. The maximum absolute atomic E-state index is 8.36. The lowest BCUT2D eigenvalue weighted by Gasteiger charge is -1.74. The van der Waals surface area contributed by atoms with E-state index in [4.69, 9.17) is 15.3 Å². The van der Waals surface area contributed by atoms with E-state index < -0.39 is 5.09 Å². The Morgan fingerprint density at radius 3 is 1.89 bits per heavy atom. The first kappa shape index (κ1) is 10.7. The number of hydrogen-bond acceptors (Lipinski definition) is 3. The predicted octanol–water partition coefficient (Wildman–Crippen LogP) is -0.934. The third-order valence-corrected chi connectivity index (χ3v) is 0.293. The Morgan fingerprint density at radius 1 is 1.78 bits per heavy atom. The second-order valence-electron chi connectivity index (χ2n) is 0.747. The van der Waals surface area contributed by atoms with Crippen molar-refractivity contribution < 1.29 is 10.3 Å². The molecule has 7 nitrogen and oxygen atoms in total. The first-order valence-corrected chi connectivity index (χ1v) is 1.87. The molecule has 9 heavy (non-hydrogen) atoms. The van der Waals surface area contributed by atoms with Gasteiger partial charge in [-0.25, -0.2) is 0 Å². The van der Waals surface area contributed by atoms with Crippen LogP contribution in [0.15, 0.2) is 4.51 Å². The third kappa shape index (κ3) is 265. The molecule has 0 radical (unpaired) electrons. The van der Waals surface area contributed by atoms with Gasteiger partial charge in [-0.05, 0) is 0 Å². The summed E-state index contributed by atoms with van der Waals surface area (Å²) in [6.07, 6.45) is 0. The minimum atomic E-state index is -1.50. The zero-order valence-corrected chi connectivity index (χ0v) is 4.95. The van der Waals surface area contributed by atoms with Gasteiger partial charge in [0.1, 0.15) is 0 Å². The van der Waals surface area contributed by atoms with Gasteiger partial charge < -0.3 is 16.7 Å². The number of guanidine groups is 1. The van der Waals surface area contributed by atoms with Crippen molar-refractivity contribution in [2.75, 3.05) is 0 Å². The van der Waals surface area contributed by atoms with Gasteiger partial charge in [-0.2, -0.15) is 0 Å². The molecule has 54 valence electrons. The molecule has 0 aliphatic rings. The minimum absolute atomic E-state index is 0.105. The Bertz CT molecular complexity index is 104. The molecule has 0 bridgehead atoms. The fourth-order valence-corrected chi connectivity index (χ4v) is 0. The average molecular weight is 157 g/mol. The summed E-state index contributed by atoms with van der Waals surface area (Å²) in [6.45, 7) is 0. The summed E-state index contributed by atoms with van der Waals surface area (Å²) < 4.78 is 2.83. The molecule has 0 aliphatic carbocycles. The molecule has 0 heterocycles. The Hall–Kier alpha value is -1.24. The molecule has 0 spiro atoms. The summed E-state index contributed by atoms with van der Waals surface area (Å²) in [5.74, 6) is -0.105. The molecule has 8 heteroatoms. The van der Waals surface area contributed by atoms with Crippen LogP contribution >= 0.6 is 11.8 Å². The van der Waals surface area contributed by atoms with Crippen LogP contribution in [0.5, 0.6) is 0 Å². The molecule has 0 aromatic carbocycles. The van der Waals surface area contributed by atoms with Crippen LogP contribution in [0.1, 0.15) is 0 Å². The van der Waals surface area contributed by atoms with E-state index in [1.807, 2.05) is 0 Å². The number of halogens is 1. The summed E-state index contributed by atoms with van der Waals surface area (Å²) in [5, 5.41) is 13.6.